The van der Waals surface area contributed by atoms with Gasteiger partial charge < -0.3 is 15.4 Å². The highest BCUT2D eigenvalue weighted by atomic mass is 79.9. The Bertz CT molecular complexity index is 490. The molecule has 0 aliphatic carbocycles. The number of nitrogens with zero attached hydrogens (tertiary/aromatic N) is 1. The SMILES string of the molecule is CN=C(NCc1ccc(OC)c(Br)c1)NCC1CCCS1. The molecule has 4 nitrogen and oxygen atoms in total. The van der Waals surface area contributed by atoms with Crippen LogP contribution in [0.5, 0.6) is 5.75 Å². The number of ether oxygens (including phenoxy) is 1. The maximum atomic E-state index is 5.24. The van der Waals surface area contributed by atoms with Gasteiger partial charge in [-0.25, -0.2) is 0 Å². The van der Waals surface area contributed by atoms with Gasteiger partial charge >= 0.3 is 0 Å². The molecule has 2 rings (SSSR count). The molecule has 116 valence electrons. The van der Waals surface area contributed by atoms with Crippen LogP contribution < -0.4 is 15.4 Å². The molecule has 2 N–H and O–H groups in total. The van der Waals surface area contributed by atoms with Crippen LogP contribution in [0.4, 0.5) is 0 Å². The van der Waals surface area contributed by atoms with Gasteiger partial charge in [-0.2, -0.15) is 11.8 Å². The van der Waals surface area contributed by atoms with E-state index in [0.29, 0.717) is 0 Å². The van der Waals surface area contributed by atoms with Gasteiger partial charge in [0.05, 0.1) is 11.6 Å². The van der Waals surface area contributed by atoms with Crippen LogP contribution in [0.15, 0.2) is 27.7 Å². The molecule has 1 aliphatic rings. The minimum Gasteiger partial charge on any atom is -0.496 e. The van der Waals surface area contributed by atoms with Crippen molar-refractivity contribution in [1.29, 1.82) is 0 Å². The first-order valence-corrected chi connectivity index (χ1v) is 8.95. The van der Waals surface area contributed by atoms with Crippen LogP contribution in [0.25, 0.3) is 0 Å². The molecule has 1 aliphatic heterocycles. The van der Waals surface area contributed by atoms with Gasteiger partial charge in [-0.3, -0.25) is 4.99 Å². The summed E-state index contributed by atoms with van der Waals surface area (Å²) in [7, 11) is 3.48. The molecule has 0 amide bonds. The fraction of sp³-hybridized carbons (Fsp3) is 0.533. The molecule has 1 aromatic rings. The first-order valence-electron chi connectivity index (χ1n) is 7.11. The van der Waals surface area contributed by atoms with Gasteiger partial charge in [0.2, 0.25) is 0 Å². The van der Waals surface area contributed by atoms with Crippen LogP contribution in [-0.2, 0) is 6.54 Å². The lowest BCUT2D eigenvalue weighted by Gasteiger charge is -2.15. The van der Waals surface area contributed by atoms with E-state index in [2.05, 4.69) is 43.7 Å². The van der Waals surface area contributed by atoms with E-state index < -0.39 is 0 Å². The largest absolute Gasteiger partial charge is 0.496 e. The Morgan fingerprint density at radius 3 is 2.95 bits per heavy atom. The van der Waals surface area contributed by atoms with Crippen molar-refractivity contribution in [2.24, 2.45) is 4.99 Å². The standard InChI is InChI=1S/C15H22BrN3OS/c1-17-15(19-10-12-4-3-7-21-12)18-9-11-5-6-14(20-2)13(16)8-11/h5-6,8,12H,3-4,7,9-10H2,1-2H3,(H2,17,18,19). The summed E-state index contributed by atoms with van der Waals surface area (Å²) in [6.45, 7) is 1.72. The monoisotopic (exact) mass is 371 g/mol. The smallest absolute Gasteiger partial charge is 0.191 e. The van der Waals surface area contributed by atoms with Crippen molar-refractivity contribution in [3.05, 3.63) is 28.2 Å². The van der Waals surface area contributed by atoms with Crippen molar-refractivity contribution >= 4 is 33.7 Å². The maximum Gasteiger partial charge on any atom is 0.191 e. The van der Waals surface area contributed by atoms with Gasteiger partial charge in [0.1, 0.15) is 5.75 Å². The van der Waals surface area contributed by atoms with Crippen molar-refractivity contribution in [1.82, 2.24) is 10.6 Å². The van der Waals surface area contributed by atoms with Crippen LogP contribution >= 0.6 is 27.7 Å². The summed E-state index contributed by atoms with van der Waals surface area (Å²) >= 11 is 5.56. The number of hydrogen-bond donors (Lipinski definition) is 2. The van der Waals surface area contributed by atoms with Crippen LogP contribution in [0, 0.1) is 0 Å². The van der Waals surface area contributed by atoms with Gasteiger partial charge in [0.15, 0.2) is 5.96 Å². The Kier molecular flexibility index (Phi) is 6.70. The number of methoxy groups -OCH3 is 1. The molecule has 1 fully saturated rings. The van der Waals surface area contributed by atoms with Crippen LogP contribution in [0.1, 0.15) is 18.4 Å². The second-order valence-corrected chi connectivity index (χ2v) is 7.17. The van der Waals surface area contributed by atoms with E-state index in [-0.39, 0.29) is 0 Å². The van der Waals surface area contributed by atoms with E-state index in [0.717, 1.165) is 34.5 Å². The quantitative estimate of drug-likeness (QED) is 0.616. The number of hydrogen-bond acceptors (Lipinski definition) is 3. The van der Waals surface area contributed by atoms with Crippen molar-refractivity contribution in [3.8, 4) is 5.75 Å². The molecule has 0 bridgehead atoms. The van der Waals surface area contributed by atoms with E-state index in [1.807, 2.05) is 17.8 Å². The van der Waals surface area contributed by atoms with Gasteiger partial charge in [-0.1, -0.05) is 6.07 Å². The molecule has 0 spiro atoms. The second-order valence-electron chi connectivity index (χ2n) is 4.91. The van der Waals surface area contributed by atoms with Gasteiger partial charge in [-0.05, 0) is 52.2 Å². The Hall–Kier alpha value is -0.880. The van der Waals surface area contributed by atoms with Crippen LogP contribution in [0.3, 0.4) is 0 Å². The fourth-order valence-corrected chi connectivity index (χ4v) is 4.03. The molecule has 0 saturated carbocycles. The van der Waals surface area contributed by atoms with E-state index in [9.17, 15) is 0 Å². The van der Waals surface area contributed by atoms with Gasteiger partial charge in [0.25, 0.3) is 0 Å². The summed E-state index contributed by atoms with van der Waals surface area (Å²) in [5.74, 6) is 2.99. The molecule has 21 heavy (non-hydrogen) atoms. The average Bonchev–Trinajstić information content (AvgIpc) is 3.01. The van der Waals surface area contributed by atoms with Gasteiger partial charge in [-0.15, -0.1) is 0 Å². The highest BCUT2D eigenvalue weighted by Gasteiger charge is 2.15. The normalized spacial score (nSPS) is 18.6. The van der Waals surface area contributed by atoms with Crippen molar-refractivity contribution in [2.75, 3.05) is 26.5 Å². The number of halogens is 1. The zero-order chi connectivity index (χ0) is 15.1. The molecule has 0 radical (unpaired) electrons. The lowest BCUT2D eigenvalue weighted by atomic mass is 10.2. The van der Waals surface area contributed by atoms with Crippen molar-refractivity contribution in [3.63, 3.8) is 0 Å². The number of rotatable bonds is 5. The molecule has 1 saturated heterocycles. The van der Waals surface area contributed by atoms with E-state index in [4.69, 9.17) is 4.74 Å². The summed E-state index contributed by atoms with van der Waals surface area (Å²) in [4.78, 5) is 4.27. The number of thioether (sulfide) groups is 1. The van der Waals surface area contributed by atoms with Crippen LogP contribution in [0.2, 0.25) is 0 Å². The van der Waals surface area contributed by atoms with Crippen LogP contribution in [-0.4, -0.2) is 37.7 Å². The predicted molar refractivity (Wildman–Crippen MR) is 94.4 cm³/mol. The maximum absolute atomic E-state index is 5.24. The predicted octanol–water partition coefficient (Wildman–Crippen LogP) is 3.02. The molecular weight excluding hydrogens is 350 g/mol. The Morgan fingerprint density at radius 1 is 1.48 bits per heavy atom. The molecule has 1 heterocycles. The number of guanidine groups is 1. The average molecular weight is 372 g/mol. The lowest BCUT2D eigenvalue weighted by Crippen LogP contribution is -2.39. The third-order valence-corrected chi connectivity index (χ3v) is 5.44. The van der Waals surface area contributed by atoms with Crippen molar-refractivity contribution < 1.29 is 4.74 Å². The third-order valence-electron chi connectivity index (χ3n) is 3.42. The minimum atomic E-state index is 0.721. The molecular formula is C15H22BrN3OS. The zero-order valence-electron chi connectivity index (χ0n) is 12.5. The Labute approximate surface area is 139 Å². The topological polar surface area (TPSA) is 45.7 Å². The highest BCUT2D eigenvalue weighted by Crippen LogP contribution is 2.26. The third kappa shape index (κ3) is 5.11. The summed E-state index contributed by atoms with van der Waals surface area (Å²) in [5.41, 5.74) is 1.18. The summed E-state index contributed by atoms with van der Waals surface area (Å²) in [6.07, 6.45) is 2.64. The van der Waals surface area contributed by atoms with E-state index in [1.54, 1.807) is 14.2 Å². The fourth-order valence-electron chi connectivity index (χ4n) is 2.24. The van der Waals surface area contributed by atoms with E-state index >= 15 is 0 Å². The zero-order valence-corrected chi connectivity index (χ0v) is 14.9. The first-order chi connectivity index (χ1) is 10.2. The Balaban J connectivity index is 1.80. The summed E-state index contributed by atoms with van der Waals surface area (Å²) in [6, 6.07) is 6.08. The summed E-state index contributed by atoms with van der Waals surface area (Å²) < 4.78 is 6.20. The lowest BCUT2D eigenvalue weighted by molar-refractivity contribution is 0.412. The Morgan fingerprint density at radius 2 is 2.33 bits per heavy atom. The van der Waals surface area contributed by atoms with Gasteiger partial charge in [0, 0.05) is 25.4 Å². The number of nitrogens with one attached hydrogen (secondary N) is 2. The summed E-state index contributed by atoms with van der Waals surface area (Å²) in [5, 5.41) is 7.46. The molecule has 1 unspecified atom stereocenters. The number of benzene rings is 1. The number of aliphatic imine (C=N–C) groups is 1. The van der Waals surface area contributed by atoms with E-state index in [1.165, 1.54) is 24.2 Å². The highest BCUT2D eigenvalue weighted by molar-refractivity contribution is 9.10. The molecule has 0 aromatic heterocycles. The molecule has 1 aromatic carbocycles. The minimum absolute atomic E-state index is 0.721. The second kappa shape index (κ2) is 8.54. The first kappa shape index (κ1) is 16.5. The molecule has 6 heteroatoms. The van der Waals surface area contributed by atoms with Crippen molar-refractivity contribution in [2.45, 2.75) is 24.6 Å². The molecule has 1 atom stereocenters.